The van der Waals surface area contributed by atoms with Gasteiger partial charge in [0, 0.05) is 26.1 Å². The van der Waals surface area contributed by atoms with Crippen molar-refractivity contribution in [2.24, 2.45) is 11.8 Å². The van der Waals surface area contributed by atoms with Crippen LogP contribution in [0.1, 0.15) is 58.8 Å². The Bertz CT molecular complexity index is 333. The molecule has 0 saturated carbocycles. The number of urea groups is 1. The standard InChI is InChI=1S/C16H30N2O3/c1-3-14-5-4-11-18(12-9-14)16(21)17-10-8-13(2)6-7-15(19)20/h13-14H,3-12H2,1-2H3,(H,17,21)(H,19,20). The Morgan fingerprint density at radius 2 is 2.05 bits per heavy atom. The maximum atomic E-state index is 12.1. The average Bonchev–Trinajstić information content (AvgIpc) is 2.70. The number of nitrogens with one attached hydrogen (secondary N) is 1. The molecule has 1 rings (SSSR count). The Morgan fingerprint density at radius 1 is 1.29 bits per heavy atom. The largest absolute Gasteiger partial charge is 0.481 e. The molecule has 0 aromatic carbocycles. The second-order valence-corrected chi connectivity index (χ2v) is 6.25. The first-order valence-corrected chi connectivity index (χ1v) is 8.27. The number of amides is 2. The highest BCUT2D eigenvalue weighted by atomic mass is 16.4. The van der Waals surface area contributed by atoms with Crippen molar-refractivity contribution in [1.82, 2.24) is 10.2 Å². The summed E-state index contributed by atoms with van der Waals surface area (Å²) in [5.41, 5.74) is 0. The highest BCUT2D eigenvalue weighted by molar-refractivity contribution is 5.74. The van der Waals surface area contributed by atoms with Crippen LogP contribution in [-0.2, 0) is 4.79 Å². The summed E-state index contributed by atoms with van der Waals surface area (Å²) in [6, 6.07) is 0.0391. The molecule has 1 aliphatic rings. The van der Waals surface area contributed by atoms with E-state index in [2.05, 4.69) is 12.2 Å². The third kappa shape index (κ3) is 7.34. The minimum Gasteiger partial charge on any atom is -0.481 e. The summed E-state index contributed by atoms with van der Waals surface area (Å²) in [4.78, 5) is 24.5. The number of nitrogens with zero attached hydrogens (tertiary/aromatic N) is 1. The number of hydrogen-bond donors (Lipinski definition) is 2. The van der Waals surface area contributed by atoms with E-state index in [4.69, 9.17) is 5.11 Å². The van der Waals surface area contributed by atoms with E-state index in [0.717, 1.165) is 38.3 Å². The number of carboxylic acids is 1. The highest BCUT2D eigenvalue weighted by Gasteiger charge is 2.19. The van der Waals surface area contributed by atoms with Crippen molar-refractivity contribution in [1.29, 1.82) is 0 Å². The number of carbonyl (C=O) groups is 2. The lowest BCUT2D eigenvalue weighted by Crippen LogP contribution is -2.41. The second-order valence-electron chi connectivity index (χ2n) is 6.25. The molecular weight excluding hydrogens is 268 g/mol. The molecule has 0 aromatic heterocycles. The van der Waals surface area contributed by atoms with Crippen LogP contribution in [0.15, 0.2) is 0 Å². The van der Waals surface area contributed by atoms with Crippen LogP contribution < -0.4 is 5.32 Å². The first-order chi connectivity index (χ1) is 10.0. The third-order valence-electron chi connectivity index (χ3n) is 4.48. The van der Waals surface area contributed by atoms with Gasteiger partial charge in [-0.15, -0.1) is 0 Å². The highest BCUT2D eigenvalue weighted by Crippen LogP contribution is 2.20. The van der Waals surface area contributed by atoms with Crippen LogP contribution in [0.25, 0.3) is 0 Å². The normalized spacial score (nSPS) is 20.7. The Balaban J connectivity index is 2.19. The maximum Gasteiger partial charge on any atom is 0.317 e. The summed E-state index contributed by atoms with van der Waals surface area (Å²) in [7, 11) is 0. The summed E-state index contributed by atoms with van der Waals surface area (Å²) in [6.07, 6.45) is 6.36. The molecule has 2 N–H and O–H groups in total. The Labute approximate surface area is 128 Å². The molecule has 21 heavy (non-hydrogen) atoms. The van der Waals surface area contributed by atoms with Crippen molar-refractivity contribution in [3.05, 3.63) is 0 Å². The lowest BCUT2D eigenvalue weighted by Gasteiger charge is -2.21. The van der Waals surface area contributed by atoms with Gasteiger partial charge in [-0.25, -0.2) is 4.79 Å². The minimum atomic E-state index is -0.749. The zero-order chi connectivity index (χ0) is 15.7. The van der Waals surface area contributed by atoms with Gasteiger partial charge < -0.3 is 15.3 Å². The molecule has 0 spiro atoms. The van der Waals surface area contributed by atoms with Crippen molar-refractivity contribution >= 4 is 12.0 Å². The van der Waals surface area contributed by atoms with Crippen LogP contribution in [0.5, 0.6) is 0 Å². The molecule has 0 bridgehead atoms. The van der Waals surface area contributed by atoms with Crippen LogP contribution in [0.3, 0.4) is 0 Å². The molecule has 122 valence electrons. The lowest BCUT2D eigenvalue weighted by atomic mass is 9.98. The fraction of sp³-hybridized carbons (Fsp3) is 0.875. The molecule has 2 unspecified atom stereocenters. The molecule has 1 aliphatic heterocycles. The molecule has 2 amide bonds. The Morgan fingerprint density at radius 3 is 2.71 bits per heavy atom. The lowest BCUT2D eigenvalue weighted by molar-refractivity contribution is -0.137. The van der Waals surface area contributed by atoms with Crippen LogP contribution in [0.2, 0.25) is 0 Å². The van der Waals surface area contributed by atoms with E-state index < -0.39 is 5.97 Å². The zero-order valence-corrected chi connectivity index (χ0v) is 13.4. The van der Waals surface area contributed by atoms with Gasteiger partial charge in [0.25, 0.3) is 0 Å². The zero-order valence-electron chi connectivity index (χ0n) is 13.4. The number of carboxylic acid groups (broad SMARTS) is 1. The van der Waals surface area contributed by atoms with E-state index in [-0.39, 0.29) is 12.5 Å². The van der Waals surface area contributed by atoms with E-state index in [1.165, 1.54) is 12.8 Å². The van der Waals surface area contributed by atoms with Crippen molar-refractivity contribution < 1.29 is 14.7 Å². The smallest absolute Gasteiger partial charge is 0.317 e. The Hall–Kier alpha value is -1.26. The maximum absolute atomic E-state index is 12.1. The minimum absolute atomic E-state index is 0.0391. The fourth-order valence-electron chi connectivity index (χ4n) is 2.83. The quantitative estimate of drug-likeness (QED) is 0.758. The van der Waals surface area contributed by atoms with Gasteiger partial charge >= 0.3 is 12.0 Å². The van der Waals surface area contributed by atoms with Crippen LogP contribution in [0, 0.1) is 11.8 Å². The summed E-state index contributed by atoms with van der Waals surface area (Å²) < 4.78 is 0. The van der Waals surface area contributed by atoms with Crippen LogP contribution in [-0.4, -0.2) is 41.6 Å². The molecule has 1 saturated heterocycles. The fourth-order valence-corrected chi connectivity index (χ4v) is 2.83. The number of aliphatic carboxylic acids is 1. The molecule has 5 nitrogen and oxygen atoms in total. The number of hydrogen-bond acceptors (Lipinski definition) is 2. The van der Waals surface area contributed by atoms with Crippen molar-refractivity contribution in [2.45, 2.75) is 58.8 Å². The first-order valence-electron chi connectivity index (χ1n) is 8.27. The van der Waals surface area contributed by atoms with E-state index in [0.29, 0.717) is 18.9 Å². The van der Waals surface area contributed by atoms with Gasteiger partial charge in [-0.3, -0.25) is 4.79 Å². The predicted molar refractivity (Wildman–Crippen MR) is 83.3 cm³/mol. The van der Waals surface area contributed by atoms with E-state index >= 15 is 0 Å². The SMILES string of the molecule is CCC1CCCN(C(=O)NCCC(C)CCC(=O)O)CC1. The molecule has 0 aromatic rings. The van der Waals surface area contributed by atoms with Crippen LogP contribution in [0.4, 0.5) is 4.79 Å². The topological polar surface area (TPSA) is 69.6 Å². The van der Waals surface area contributed by atoms with Crippen molar-refractivity contribution in [3.63, 3.8) is 0 Å². The van der Waals surface area contributed by atoms with Gasteiger partial charge in [-0.2, -0.15) is 0 Å². The molecule has 2 atom stereocenters. The van der Waals surface area contributed by atoms with Gasteiger partial charge in [-0.1, -0.05) is 20.3 Å². The van der Waals surface area contributed by atoms with E-state index in [1.807, 2.05) is 11.8 Å². The van der Waals surface area contributed by atoms with Crippen LogP contribution >= 0.6 is 0 Å². The monoisotopic (exact) mass is 298 g/mol. The molecule has 5 heteroatoms. The molecule has 0 aliphatic carbocycles. The first kappa shape index (κ1) is 17.8. The molecular formula is C16H30N2O3. The molecule has 1 fully saturated rings. The van der Waals surface area contributed by atoms with Gasteiger partial charge in [0.1, 0.15) is 0 Å². The number of carbonyl (C=O) groups excluding carboxylic acids is 1. The number of likely N-dealkylation sites (tertiary alicyclic amines) is 1. The summed E-state index contributed by atoms with van der Waals surface area (Å²) in [5.74, 6) is 0.342. The third-order valence-corrected chi connectivity index (χ3v) is 4.48. The molecule has 1 heterocycles. The van der Waals surface area contributed by atoms with Crippen molar-refractivity contribution in [3.8, 4) is 0 Å². The Kier molecular flexibility index (Phi) is 8.16. The van der Waals surface area contributed by atoms with Crippen molar-refractivity contribution in [2.75, 3.05) is 19.6 Å². The predicted octanol–water partition coefficient (Wildman–Crippen LogP) is 3.10. The van der Waals surface area contributed by atoms with Gasteiger partial charge in [0.05, 0.1) is 0 Å². The molecule has 0 radical (unpaired) electrons. The summed E-state index contributed by atoms with van der Waals surface area (Å²) >= 11 is 0. The number of rotatable bonds is 7. The van der Waals surface area contributed by atoms with Gasteiger partial charge in [0.2, 0.25) is 0 Å². The van der Waals surface area contributed by atoms with E-state index in [9.17, 15) is 9.59 Å². The van der Waals surface area contributed by atoms with E-state index in [1.54, 1.807) is 0 Å². The summed E-state index contributed by atoms with van der Waals surface area (Å²) in [6.45, 7) is 6.61. The second kappa shape index (κ2) is 9.64. The summed E-state index contributed by atoms with van der Waals surface area (Å²) in [5, 5.41) is 11.6. The van der Waals surface area contributed by atoms with Gasteiger partial charge in [-0.05, 0) is 43.9 Å². The average molecular weight is 298 g/mol. The van der Waals surface area contributed by atoms with Gasteiger partial charge in [0.15, 0.2) is 0 Å².